The molecule has 174 valence electrons. The van der Waals surface area contributed by atoms with Crippen LogP contribution in [0.25, 0.3) is 0 Å². The number of anilines is 1. The molecule has 1 aliphatic carbocycles. The van der Waals surface area contributed by atoms with Gasteiger partial charge in [0.2, 0.25) is 0 Å². The lowest BCUT2D eigenvalue weighted by Gasteiger charge is -2.31. The number of allylic oxidation sites excluding steroid dienone is 4. The largest absolute Gasteiger partial charge is 0.400 e. The maximum atomic E-state index is 13.8. The van der Waals surface area contributed by atoms with Crippen molar-refractivity contribution in [1.82, 2.24) is 14.8 Å². The van der Waals surface area contributed by atoms with E-state index in [2.05, 4.69) is 9.88 Å². The van der Waals surface area contributed by atoms with E-state index in [1.165, 1.54) is 11.8 Å². The number of carbonyl (C=O) groups is 1. The van der Waals surface area contributed by atoms with E-state index in [1.807, 2.05) is 36.4 Å². The molecule has 4 heterocycles. The number of hydrogen-bond acceptors (Lipinski definition) is 6. The van der Waals surface area contributed by atoms with Crippen LogP contribution in [0.1, 0.15) is 36.6 Å². The SMILES string of the molecule is CN1C2=C(SC1c1ccc(N3CCC(F)C3)nc1)C(=O)N(C1=C/C/C(N)=C(/F)C/C=C\1)CC2. The zero-order valence-corrected chi connectivity index (χ0v) is 19.3. The minimum Gasteiger partial charge on any atom is -0.400 e. The zero-order chi connectivity index (χ0) is 23.1. The smallest absolute Gasteiger partial charge is 0.266 e. The fourth-order valence-electron chi connectivity index (χ4n) is 4.67. The third-order valence-electron chi connectivity index (χ3n) is 6.57. The number of thioether (sulfide) groups is 1. The Balaban J connectivity index is 1.32. The fraction of sp³-hybridized carbons (Fsp3) is 0.417. The molecule has 0 aromatic carbocycles. The topological polar surface area (TPSA) is 65.7 Å². The van der Waals surface area contributed by atoms with Gasteiger partial charge in [0, 0.05) is 68.3 Å². The molecule has 33 heavy (non-hydrogen) atoms. The van der Waals surface area contributed by atoms with E-state index in [1.54, 1.807) is 17.1 Å². The highest BCUT2D eigenvalue weighted by Crippen LogP contribution is 2.50. The molecule has 4 aliphatic rings. The van der Waals surface area contributed by atoms with Crippen molar-refractivity contribution in [3.63, 3.8) is 0 Å². The van der Waals surface area contributed by atoms with E-state index >= 15 is 0 Å². The van der Waals surface area contributed by atoms with Gasteiger partial charge in [-0.15, -0.1) is 0 Å². The highest BCUT2D eigenvalue weighted by molar-refractivity contribution is 8.04. The molecule has 0 bridgehead atoms. The highest BCUT2D eigenvalue weighted by Gasteiger charge is 2.40. The minimum atomic E-state index is -0.790. The van der Waals surface area contributed by atoms with Crippen LogP contribution in [0.3, 0.4) is 0 Å². The van der Waals surface area contributed by atoms with Crippen molar-refractivity contribution in [3.05, 3.63) is 69.9 Å². The average molecular weight is 472 g/mol. The predicted molar refractivity (Wildman–Crippen MR) is 126 cm³/mol. The van der Waals surface area contributed by atoms with Crippen molar-refractivity contribution < 1.29 is 13.6 Å². The summed E-state index contributed by atoms with van der Waals surface area (Å²) in [6.07, 6.45) is 8.09. The van der Waals surface area contributed by atoms with Crippen molar-refractivity contribution in [3.8, 4) is 0 Å². The first kappa shape index (κ1) is 22.0. The number of rotatable bonds is 3. The van der Waals surface area contributed by atoms with Crippen LogP contribution in [-0.4, -0.2) is 53.5 Å². The molecule has 3 aliphatic heterocycles. The number of halogens is 2. The Morgan fingerprint density at radius 2 is 2.09 bits per heavy atom. The second-order valence-corrected chi connectivity index (χ2v) is 9.81. The number of aromatic nitrogens is 1. The number of amides is 1. The second kappa shape index (κ2) is 8.85. The lowest BCUT2D eigenvalue weighted by Crippen LogP contribution is -2.36. The summed E-state index contributed by atoms with van der Waals surface area (Å²) in [7, 11) is 2.01. The van der Waals surface area contributed by atoms with Gasteiger partial charge >= 0.3 is 0 Å². The van der Waals surface area contributed by atoms with Crippen molar-refractivity contribution in [1.29, 1.82) is 0 Å². The zero-order valence-electron chi connectivity index (χ0n) is 18.5. The van der Waals surface area contributed by atoms with Gasteiger partial charge in [-0.1, -0.05) is 30.0 Å². The van der Waals surface area contributed by atoms with Crippen LogP contribution in [0.2, 0.25) is 0 Å². The van der Waals surface area contributed by atoms with Crippen LogP contribution in [-0.2, 0) is 4.79 Å². The Bertz CT molecular complexity index is 1080. The van der Waals surface area contributed by atoms with Gasteiger partial charge in [-0.05, 0) is 18.6 Å². The van der Waals surface area contributed by atoms with Gasteiger partial charge in [-0.2, -0.15) is 0 Å². The lowest BCUT2D eigenvalue weighted by atomic mass is 10.1. The number of alkyl halides is 1. The van der Waals surface area contributed by atoms with Gasteiger partial charge in [-0.3, -0.25) is 4.79 Å². The van der Waals surface area contributed by atoms with E-state index in [4.69, 9.17) is 5.73 Å². The van der Waals surface area contributed by atoms with Gasteiger partial charge in [-0.25, -0.2) is 13.8 Å². The van der Waals surface area contributed by atoms with Gasteiger partial charge < -0.3 is 20.4 Å². The van der Waals surface area contributed by atoms with Crippen LogP contribution in [0, 0.1) is 0 Å². The van der Waals surface area contributed by atoms with Crippen LogP contribution < -0.4 is 10.6 Å². The Morgan fingerprint density at radius 1 is 1.24 bits per heavy atom. The molecule has 0 saturated carbocycles. The fourth-order valence-corrected chi connectivity index (χ4v) is 6.05. The van der Waals surface area contributed by atoms with E-state index in [0.717, 1.165) is 34.1 Å². The number of pyridine rings is 1. The maximum Gasteiger partial charge on any atom is 0.266 e. The Hall–Kier alpha value is -2.81. The molecule has 1 aromatic heterocycles. The lowest BCUT2D eigenvalue weighted by molar-refractivity contribution is -0.125. The molecule has 1 aromatic rings. The molecule has 2 unspecified atom stereocenters. The van der Waals surface area contributed by atoms with E-state index in [-0.39, 0.29) is 35.6 Å². The van der Waals surface area contributed by atoms with Crippen LogP contribution in [0.4, 0.5) is 14.6 Å². The third kappa shape index (κ3) is 4.14. The molecule has 1 amide bonds. The first-order valence-corrected chi connectivity index (χ1v) is 12.1. The quantitative estimate of drug-likeness (QED) is 0.715. The summed E-state index contributed by atoms with van der Waals surface area (Å²) in [5, 5.41) is -0.0394. The molecule has 5 rings (SSSR count). The Morgan fingerprint density at radius 3 is 2.82 bits per heavy atom. The normalized spacial score (nSPS) is 30.8. The van der Waals surface area contributed by atoms with Gasteiger partial charge in [0.1, 0.15) is 23.2 Å². The molecular formula is C24H27F2N5OS. The minimum absolute atomic E-state index is 0.0364. The molecular weight excluding hydrogens is 444 g/mol. The summed E-state index contributed by atoms with van der Waals surface area (Å²) in [6, 6.07) is 3.96. The monoisotopic (exact) mass is 471 g/mol. The van der Waals surface area contributed by atoms with E-state index < -0.39 is 6.17 Å². The standard InChI is InChI=1S/C24H27F2N5OS/c1-29-20-10-12-31(17-3-2-4-18(26)19(27)7-6-17)23(32)22(20)33-24(29)15-5-8-21(28-13-15)30-11-9-16(25)14-30/h2-3,5-6,8,13,16,24H,4,7,9-12,14,27H2,1H3/b3-2-,17-6+,19-18-. The molecule has 6 nitrogen and oxygen atoms in total. The van der Waals surface area contributed by atoms with Crippen molar-refractivity contribution in [2.24, 2.45) is 5.73 Å². The molecule has 0 spiro atoms. The number of nitrogens with two attached hydrogens (primary N) is 1. The second-order valence-electron chi connectivity index (χ2n) is 8.72. The summed E-state index contributed by atoms with van der Waals surface area (Å²) >= 11 is 1.54. The highest BCUT2D eigenvalue weighted by atomic mass is 32.2. The van der Waals surface area contributed by atoms with Gasteiger partial charge in [0.05, 0.1) is 11.4 Å². The van der Waals surface area contributed by atoms with Gasteiger partial charge in [0.25, 0.3) is 5.91 Å². The third-order valence-corrected chi connectivity index (χ3v) is 8.03. The summed E-state index contributed by atoms with van der Waals surface area (Å²) in [5.74, 6) is 0.434. The summed E-state index contributed by atoms with van der Waals surface area (Å²) in [4.78, 5) is 24.6. The number of nitrogens with zero attached hydrogens (tertiary/aromatic N) is 4. The maximum absolute atomic E-state index is 13.8. The first-order chi connectivity index (χ1) is 15.9. The summed E-state index contributed by atoms with van der Waals surface area (Å²) in [5.41, 5.74) is 8.81. The van der Waals surface area contributed by atoms with Crippen LogP contribution >= 0.6 is 11.8 Å². The van der Waals surface area contributed by atoms with Crippen LogP contribution in [0.5, 0.6) is 0 Å². The summed E-state index contributed by atoms with van der Waals surface area (Å²) < 4.78 is 27.3. The van der Waals surface area contributed by atoms with Crippen molar-refractivity contribution >= 4 is 23.5 Å². The molecule has 1 saturated heterocycles. The Kier molecular flexibility index (Phi) is 5.90. The predicted octanol–water partition coefficient (Wildman–Crippen LogP) is 4.12. The van der Waals surface area contributed by atoms with E-state index in [9.17, 15) is 13.6 Å². The molecule has 2 N–H and O–H groups in total. The van der Waals surface area contributed by atoms with Crippen molar-refractivity contribution in [2.75, 3.05) is 31.6 Å². The number of hydrogen-bond donors (Lipinski definition) is 1. The van der Waals surface area contributed by atoms with E-state index in [0.29, 0.717) is 26.1 Å². The Labute approximate surface area is 196 Å². The van der Waals surface area contributed by atoms with Crippen molar-refractivity contribution in [2.45, 2.75) is 37.2 Å². The van der Waals surface area contributed by atoms with Gasteiger partial charge in [0.15, 0.2) is 0 Å². The molecule has 0 radical (unpaired) electrons. The first-order valence-electron chi connectivity index (χ1n) is 11.2. The summed E-state index contributed by atoms with van der Waals surface area (Å²) in [6.45, 7) is 1.64. The molecule has 2 atom stereocenters. The van der Waals surface area contributed by atoms with Crippen LogP contribution in [0.15, 0.2) is 64.4 Å². The number of carbonyl (C=O) groups excluding carboxylic acids is 1. The molecule has 9 heteroatoms. The average Bonchev–Trinajstić information content (AvgIpc) is 3.39. The molecule has 1 fully saturated rings.